The van der Waals surface area contributed by atoms with Gasteiger partial charge in [-0.2, -0.15) is 0 Å². The molecule has 7 heteroatoms. The number of hydrogen-bond acceptors (Lipinski definition) is 4. The van der Waals surface area contributed by atoms with Crippen LogP contribution in [0.3, 0.4) is 0 Å². The van der Waals surface area contributed by atoms with Crippen molar-refractivity contribution in [2.75, 3.05) is 13.2 Å². The van der Waals surface area contributed by atoms with Gasteiger partial charge in [-0.1, -0.05) is 19.1 Å². The maximum absolute atomic E-state index is 14.5. The van der Waals surface area contributed by atoms with Crippen molar-refractivity contribution in [3.05, 3.63) is 77.6 Å². The van der Waals surface area contributed by atoms with Crippen LogP contribution in [-0.2, 0) is 0 Å². The third-order valence-corrected chi connectivity index (χ3v) is 4.60. The van der Waals surface area contributed by atoms with E-state index in [-0.39, 0.29) is 23.5 Å². The normalized spacial score (nSPS) is 10.8. The summed E-state index contributed by atoms with van der Waals surface area (Å²) in [5.41, 5.74) is -0.138. The van der Waals surface area contributed by atoms with E-state index in [1.165, 1.54) is 36.4 Å². The van der Waals surface area contributed by atoms with Crippen molar-refractivity contribution in [1.82, 2.24) is 0 Å². The molecule has 3 aromatic rings. The standard InChI is InChI=1S/C25H23F3O4/c1-3-15-31-18-9-11-19(12-10-18)32-25(29)17-7-5-16(6-8-17)20-13-14-21(30-4-2)23(26)22(20)24(27)28/h5-14,24H,3-4,15H2,1-2H3. The first-order chi connectivity index (χ1) is 15.4. The Labute approximate surface area is 184 Å². The van der Waals surface area contributed by atoms with E-state index in [9.17, 15) is 18.0 Å². The SMILES string of the molecule is CCCOc1ccc(OC(=O)c2ccc(-c3ccc(OCC)c(F)c3C(F)F)cc2)cc1. The third-order valence-electron chi connectivity index (χ3n) is 4.60. The van der Waals surface area contributed by atoms with Gasteiger partial charge in [0.2, 0.25) is 0 Å². The number of benzene rings is 3. The highest BCUT2D eigenvalue weighted by Gasteiger charge is 2.23. The van der Waals surface area contributed by atoms with Crippen LogP contribution in [0.5, 0.6) is 17.2 Å². The molecule has 3 aromatic carbocycles. The van der Waals surface area contributed by atoms with Crippen LogP contribution in [0.1, 0.15) is 42.6 Å². The molecular weight excluding hydrogens is 421 g/mol. The van der Waals surface area contributed by atoms with Crippen LogP contribution in [-0.4, -0.2) is 19.2 Å². The fraction of sp³-hybridized carbons (Fsp3) is 0.240. The first kappa shape index (κ1) is 23.2. The number of hydrogen-bond donors (Lipinski definition) is 0. The zero-order valence-corrected chi connectivity index (χ0v) is 17.7. The van der Waals surface area contributed by atoms with Gasteiger partial charge in [-0.3, -0.25) is 0 Å². The fourth-order valence-corrected chi connectivity index (χ4v) is 3.08. The van der Waals surface area contributed by atoms with Gasteiger partial charge in [-0.25, -0.2) is 18.0 Å². The largest absolute Gasteiger partial charge is 0.494 e. The van der Waals surface area contributed by atoms with Crippen molar-refractivity contribution in [1.29, 1.82) is 0 Å². The highest BCUT2D eigenvalue weighted by molar-refractivity contribution is 5.91. The molecule has 0 radical (unpaired) electrons. The number of ether oxygens (including phenoxy) is 3. The molecule has 0 aliphatic rings. The predicted molar refractivity (Wildman–Crippen MR) is 115 cm³/mol. The molecule has 0 aromatic heterocycles. The van der Waals surface area contributed by atoms with Crippen LogP contribution in [0.25, 0.3) is 11.1 Å². The molecular formula is C25H23F3O4. The molecule has 0 spiro atoms. The molecule has 0 bridgehead atoms. The van der Waals surface area contributed by atoms with Gasteiger partial charge >= 0.3 is 5.97 Å². The fourth-order valence-electron chi connectivity index (χ4n) is 3.08. The van der Waals surface area contributed by atoms with E-state index < -0.39 is 23.8 Å². The molecule has 0 N–H and O–H groups in total. The number of halogens is 3. The Morgan fingerprint density at radius 3 is 2.12 bits per heavy atom. The van der Waals surface area contributed by atoms with Gasteiger partial charge in [-0.05, 0) is 73.0 Å². The summed E-state index contributed by atoms with van der Waals surface area (Å²) in [5.74, 6) is -0.900. The Hall–Kier alpha value is -3.48. The first-order valence-corrected chi connectivity index (χ1v) is 10.2. The van der Waals surface area contributed by atoms with E-state index >= 15 is 0 Å². The first-order valence-electron chi connectivity index (χ1n) is 10.2. The summed E-state index contributed by atoms with van der Waals surface area (Å²) in [5, 5.41) is 0. The molecule has 168 valence electrons. The molecule has 4 nitrogen and oxygen atoms in total. The Balaban J connectivity index is 1.77. The Morgan fingerprint density at radius 1 is 0.875 bits per heavy atom. The van der Waals surface area contributed by atoms with Gasteiger partial charge in [0.1, 0.15) is 11.5 Å². The Morgan fingerprint density at radius 2 is 1.53 bits per heavy atom. The lowest BCUT2D eigenvalue weighted by Crippen LogP contribution is -2.08. The maximum Gasteiger partial charge on any atom is 0.343 e. The minimum atomic E-state index is -3.03. The molecule has 0 unspecified atom stereocenters. The van der Waals surface area contributed by atoms with E-state index in [4.69, 9.17) is 14.2 Å². The van der Waals surface area contributed by atoms with Gasteiger partial charge < -0.3 is 14.2 Å². The topological polar surface area (TPSA) is 44.8 Å². The number of esters is 1. The van der Waals surface area contributed by atoms with Crippen molar-refractivity contribution in [3.8, 4) is 28.4 Å². The molecule has 32 heavy (non-hydrogen) atoms. The average molecular weight is 444 g/mol. The second-order valence-corrected chi connectivity index (χ2v) is 6.86. The molecule has 0 atom stereocenters. The molecule has 0 aliphatic heterocycles. The summed E-state index contributed by atoms with van der Waals surface area (Å²) in [6, 6.07) is 15.2. The van der Waals surface area contributed by atoms with Gasteiger partial charge in [-0.15, -0.1) is 0 Å². The lowest BCUT2D eigenvalue weighted by molar-refractivity contribution is 0.0734. The summed E-state index contributed by atoms with van der Waals surface area (Å²) >= 11 is 0. The molecule has 3 rings (SSSR count). The molecule has 0 fully saturated rings. The summed E-state index contributed by atoms with van der Waals surface area (Å²) in [6.07, 6.45) is -2.14. The van der Waals surface area contributed by atoms with Crippen LogP contribution in [0.4, 0.5) is 13.2 Å². The lowest BCUT2D eigenvalue weighted by Gasteiger charge is -2.14. The van der Waals surface area contributed by atoms with Crippen LogP contribution in [0.15, 0.2) is 60.7 Å². The Kier molecular flexibility index (Phi) is 7.76. The van der Waals surface area contributed by atoms with Crippen LogP contribution >= 0.6 is 0 Å². The van der Waals surface area contributed by atoms with Gasteiger partial charge in [0.05, 0.1) is 24.3 Å². The van der Waals surface area contributed by atoms with Gasteiger partial charge in [0.25, 0.3) is 6.43 Å². The number of rotatable bonds is 9. The van der Waals surface area contributed by atoms with Crippen LogP contribution in [0, 0.1) is 5.82 Å². The van der Waals surface area contributed by atoms with E-state index in [2.05, 4.69) is 0 Å². The minimum absolute atomic E-state index is 0.0311. The smallest absolute Gasteiger partial charge is 0.343 e. The van der Waals surface area contributed by atoms with Crippen molar-refractivity contribution >= 4 is 5.97 Å². The van der Waals surface area contributed by atoms with Gasteiger partial charge in [0, 0.05) is 0 Å². The lowest BCUT2D eigenvalue weighted by atomic mass is 9.98. The second-order valence-electron chi connectivity index (χ2n) is 6.86. The van der Waals surface area contributed by atoms with E-state index in [1.807, 2.05) is 6.92 Å². The van der Waals surface area contributed by atoms with Crippen molar-refractivity contribution < 1.29 is 32.2 Å². The minimum Gasteiger partial charge on any atom is -0.494 e. The van der Waals surface area contributed by atoms with Crippen molar-refractivity contribution in [3.63, 3.8) is 0 Å². The Bertz CT molecular complexity index is 1050. The molecule has 0 saturated heterocycles. The van der Waals surface area contributed by atoms with Crippen molar-refractivity contribution in [2.45, 2.75) is 26.7 Å². The molecule has 0 saturated carbocycles. The summed E-state index contributed by atoms with van der Waals surface area (Å²) < 4.78 is 57.5. The number of alkyl halides is 2. The van der Waals surface area contributed by atoms with Gasteiger partial charge in [0.15, 0.2) is 11.6 Å². The predicted octanol–water partition coefficient (Wildman–Crippen LogP) is 6.84. The highest BCUT2D eigenvalue weighted by atomic mass is 19.3. The van der Waals surface area contributed by atoms with Crippen molar-refractivity contribution in [2.24, 2.45) is 0 Å². The van der Waals surface area contributed by atoms with E-state index in [0.717, 1.165) is 6.42 Å². The second kappa shape index (κ2) is 10.7. The van der Waals surface area contributed by atoms with E-state index in [0.29, 0.717) is 23.7 Å². The molecule has 0 amide bonds. The van der Waals surface area contributed by atoms with E-state index in [1.54, 1.807) is 31.2 Å². The monoisotopic (exact) mass is 444 g/mol. The summed E-state index contributed by atoms with van der Waals surface area (Å²) in [7, 11) is 0. The average Bonchev–Trinajstić information content (AvgIpc) is 2.79. The molecule has 0 aliphatic carbocycles. The number of carbonyl (C=O) groups excluding carboxylic acids is 1. The van der Waals surface area contributed by atoms with Crippen LogP contribution in [0.2, 0.25) is 0 Å². The number of carbonyl (C=O) groups is 1. The summed E-state index contributed by atoms with van der Waals surface area (Å²) in [4.78, 5) is 12.4. The highest BCUT2D eigenvalue weighted by Crippen LogP contribution is 2.37. The maximum atomic E-state index is 14.5. The van der Waals surface area contributed by atoms with Crippen LogP contribution < -0.4 is 14.2 Å². The zero-order valence-electron chi connectivity index (χ0n) is 17.7. The zero-order chi connectivity index (χ0) is 23.1. The quantitative estimate of drug-likeness (QED) is 0.268. The third kappa shape index (κ3) is 5.41. The molecule has 0 heterocycles. The summed E-state index contributed by atoms with van der Waals surface area (Å²) in [6.45, 7) is 4.39.